The number of ether oxygens (including phenoxy) is 1. The molecule has 44 heavy (non-hydrogen) atoms. The lowest BCUT2D eigenvalue weighted by molar-refractivity contribution is -0.274. The van der Waals surface area contributed by atoms with Gasteiger partial charge in [-0.25, -0.2) is 0 Å². The van der Waals surface area contributed by atoms with Crippen molar-refractivity contribution in [1.29, 1.82) is 0 Å². The third-order valence-corrected chi connectivity index (χ3v) is 6.63. The van der Waals surface area contributed by atoms with Gasteiger partial charge in [-0.05, 0) is 53.1 Å². The molecule has 0 aromatic heterocycles. The zero-order valence-corrected chi connectivity index (χ0v) is 23.0. The minimum Gasteiger partial charge on any atom is -0.481 e. The standard InChI is InChI=1S/C33H26F3NO7/c34-33(35,36)44-26-16-14-23(15-17-26)28(38)18-27(22-8-6-21(7-9-22)20-4-2-1-3-5-20)31(42)24-10-12-25(13-11-24)32(43)37-29(39)19-30(40)41/h1-17,27,29,39H,18-19H2,(H,37,43)(H,40,41). The highest BCUT2D eigenvalue weighted by Crippen LogP contribution is 2.30. The number of halogens is 3. The monoisotopic (exact) mass is 605 g/mol. The minimum atomic E-state index is -4.89. The minimum absolute atomic E-state index is 0.0620. The number of aliphatic carboxylic acids is 1. The molecule has 0 radical (unpaired) electrons. The lowest BCUT2D eigenvalue weighted by Gasteiger charge is -2.17. The fraction of sp³-hybridized carbons (Fsp3) is 0.152. The number of carboxylic acids is 1. The molecule has 2 atom stereocenters. The molecule has 2 unspecified atom stereocenters. The molecule has 0 aliphatic carbocycles. The van der Waals surface area contributed by atoms with E-state index in [2.05, 4.69) is 10.1 Å². The molecule has 0 saturated carbocycles. The molecular formula is C33H26F3NO7. The summed E-state index contributed by atoms with van der Waals surface area (Å²) in [7, 11) is 0. The van der Waals surface area contributed by atoms with Crippen molar-refractivity contribution in [1.82, 2.24) is 5.32 Å². The summed E-state index contributed by atoms with van der Waals surface area (Å²) in [6.07, 6.45) is -7.49. The molecule has 0 bridgehead atoms. The Hall–Kier alpha value is -5.29. The topological polar surface area (TPSA) is 130 Å². The van der Waals surface area contributed by atoms with Crippen molar-refractivity contribution < 1.29 is 47.3 Å². The second kappa shape index (κ2) is 13.8. The van der Waals surface area contributed by atoms with Crippen LogP contribution in [0.4, 0.5) is 13.2 Å². The van der Waals surface area contributed by atoms with E-state index in [0.717, 1.165) is 23.3 Å². The largest absolute Gasteiger partial charge is 0.573 e. The van der Waals surface area contributed by atoms with Gasteiger partial charge in [-0.3, -0.25) is 19.2 Å². The number of hydrogen-bond donors (Lipinski definition) is 3. The van der Waals surface area contributed by atoms with Gasteiger partial charge in [0.15, 0.2) is 11.6 Å². The number of rotatable bonds is 12. The molecule has 4 rings (SSSR count). The summed E-state index contributed by atoms with van der Waals surface area (Å²) in [5, 5.41) is 20.6. The second-order valence-electron chi connectivity index (χ2n) is 9.77. The summed E-state index contributed by atoms with van der Waals surface area (Å²) in [5.74, 6) is -4.45. The molecule has 0 aliphatic rings. The predicted octanol–water partition coefficient (Wildman–Crippen LogP) is 6.01. The van der Waals surface area contributed by atoms with E-state index < -0.39 is 54.1 Å². The normalized spacial score (nSPS) is 12.5. The van der Waals surface area contributed by atoms with Gasteiger partial charge in [0, 0.05) is 23.1 Å². The maximum atomic E-state index is 13.8. The van der Waals surface area contributed by atoms with E-state index in [1.54, 1.807) is 12.1 Å². The number of aliphatic hydroxyl groups excluding tert-OH is 1. The average Bonchev–Trinajstić information content (AvgIpc) is 2.99. The highest BCUT2D eigenvalue weighted by molar-refractivity contribution is 6.06. The first-order valence-corrected chi connectivity index (χ1v) is 13.3. The van der Waals surface area contributed by atoms with E-state index >= 15 is 0 Å². The molecule has 0 saturated heterocycles. The average molecular weight is 606 g/mol. The van der Waals surface area contributed by atoms with Gasteiger partial charge in [0.25, 0.3) is 5.91 Å². The molecule has 1 amide bonds. The Kier molecular flexibility index (Phi) is 9.92. The molecule has 4 aromatic carbocycles. The van der Waals surface area contributed by atoms with E-state index in [-0.39, 0.29) is 23.1 Å². The SMILES string of the molecule is O=C(O)CC(O)NC(=O)c1ccc(C(=O)C(CC(=O)c2ccc(OC(F)(F)F)cc2)c2ccc(-c3ccccc3)cc2)cc1. The lowest BCUT2D eigenvalue weighted by atomic mass is 9.84. The third kappa shape index (κ3) is 8.62. The molecule has 0 heterocycles. The van der Waals surface area contributed by atoms with E-state index in [0.29, 0.717) is 5.56 Å². The first kappa shape index (κ1) is 31.6. The number of alkyl halides is 3. The smallest absolute Gasteiger partial charge is 0.481 e. The van der Waals surface area contributed by atoms with Crippen molar-refractivity contribution in [3.05, 3.63) is 125 Å². The number of aliphatic hydroxyl groups is 1. The van der Waals surface area contributed by atoms with E-state index in [1.807, 2.05) is 42.5 Å². The van der Waals surface area contributed by atoms with Crippen LogP contribution in [0.25, 0.3) is 11.1 Å². The van der Waals surface area contributed by atoms with Crippen LogP contribution in [0.5, 0.6) is 5.75 Å². The highest BCUT2D eigenvalue weighted by Gasteiger charge is 2.31. The van der Waals surface area contributed by atoms with Gasteiger partial charge < -0.3 is 20.3 Å². The number of amides is 1. The van der Waals surface area contributed by atoms with Gasteiger partial charge in [-0.2, -0.15) is 0 Å². The van der Waals surface area contributed by atoms with E-state index in [4.69, 9.17) is 5.11 Å². The van der Waals surface area contributed by atoms with Crippen LogP contribution >= 0.6 is 0 Å². The maximum Gasteiger partial charge on any atom is 0.573 e. The number of carboxylic acid groups (broad SMARTS) is 1. The summed E-state index contributed by atoms with van der Waals surface area (Å²) in [5.41, 5.74) is 2.68. The van der Waals surface area contributed by atoms with E-state index in [9.17, 15) is 37.5 Å². The Bertz CT molecular complexity index is 1620. The van der Waals surface area contributed by atoms with Crippen LogP contribution in [0, 0.1) is 0 Å². The molecular weight excluding hydrogens is 579 g/mol. The van der Waals surface area contributed by atoms with Gasteiger partial charge in [0.2, 0.25) is 0 Å². The van der Waals surface area contributed by atoms with Gasteiger partial charge >= 0.3 is 12.3 Å². The third-order valence-electron chi connectivity index (χ3n) is 6.63. The van der Waals surface area contributed by atoms with E-state index in [1.165, 1.54) is 36.4 Å². The molecule has 0 fully saturated rings. The molecule has 226 valence electrons. The number of benzene rings is 4. The first-order valence-electron chi connectivity index (χ1n) is 13.3. The van der Waals surface area contributed by atoms with Crippen LogP contribution in [-0.2, 0) is 4.79 Å². The van der Waals surface area contributed by atoms with Crippen molar-refractivity contribution in [2.24, 2.45) is 0 Å². The second-order valence-corrected chi connectivity index (χ2v) is 9.77. The van der Waals surface area contributed by atoms with Crippen molar-refractivity contribution in [2.75, 3.05) is 0 Å². The Morgan fingerprint density at radius 2 is 1.25 bits per heavy atom. The zero-order valence-electron chi connectivity index (χ0n) is 23.0. The van der Waals surface area contributed by atoms with Crippen molar-refractivity contribution >= 4 is 23.4 Å². The van der Waals surface area contributed by atoms with Crippen molar-refractivity contribution in [3.8, 4) is 16.9 Å². The van der Waals surface area contributed by atoms with Crippen LogP contribution in [0.15, 0.2) is 103 Å². The molecule has 0 aliphatic heterocycles. The zero-order chi connectivity index (χ0) is 31.9. The number of Topliss-reactive ketones (excluding diaryl/α,β-unsaturated/α-hetero) is 2. The predicted molar refractivity (Wildman–Crippen MR) is 153 cm³/mol. The highest BCUT2D eigenvalue weighted by atomic mass is 19.4. The molecule has 3 N–H and O–H groups in total. The molecule has 4 aromatic rings. The summed E-state index contributed by atoms with van der Waals surface area (Å²) >= 11 is 0. The number of carbonyl (C=O) groups is 4. The summed E-state index contributed by atoms with van der Waals surface area (Å²) < 4.78 is 41.5. The summed E-state index contributed by atoms with van der Waals surface area (Å²) in [6.45, 7) is 0. The van der Waals surface area contributed by atoms with Crippen LogP contribution in [0.2, 0.25) is 0 Å². The van der Waals surface area contributed by atoms with Gasteiger partial charge in [0.1, 0.15) is 12.0 Å². The lowest BCUT2D eigenvalue weighted by Crippen LogP contribution is -2.36. The number of ketones is 2. The maximum absolute atomic E-state index is 13.8. The first-order chi connectivity index (χ1) is 20.9. The number of nitrogens with one attached hydrogen (secondary N) is 1. The molecule has 0 spiro atoms. The van der Waals surface area contributed by atoms with Crippen LogP contribution < -0.4 is 10.1 Å². The van der Waals surface area contributed by atoms with Gasteiger partial charge in [-0.1, -0.05) is 66.7 Å². The van der Waals surface area contributed by atoms with Crippen LogP contribution in [0.3, 0.4) is 0 Å². The van der Waals surface area contributed by atoms with Crippen LogP contribution in [-0.4, -0.2) is 46.2 Å². The Labute approximate surface area is 249 Å². The Balaban J connectivity index is 1.58. The number of carbonyl (C=O) groups excluding carboxylic acids is 3. The van der Waals surface area contributed by atoms with Crippen molar-refractivity contribution in [3.63, 3.8) is 0 Å². The van der Waals surface area contributed by atoms with Gasteiger partial charge in [0.05, 0.1) is 12.3 Å². The molecule has 11 heteroatoms. The number of hydrogen-bond acceptors (Lipinski definition) is 6. The van der Waals surface area contributed by atoms with Crippen molar-refractivity contribution in [2.45, 2.75) is 31.3 Å². The fourth-order valence-corrected chi connectivity index (χ4v) is 4.48. The Morgan fingerprint density at radius 1 is 0.705 bits per heavy atom. The Morgan fingerprint density at radius 3 is 1.82 bits per heavy atom. The fourth-order valence-electron chi connectivity index (χ4n) is 4.48. The summed E-state index contributed by atoms with van der Waals surface area (Å²) in [4.78, 5) is 50.1. The molecule has 8 nitrogen and oxygen atoms in total. The summed E-state index contributed by atoms with van der Waals surface area (Å²) in [6, 6.07) is 26.4. The van der Waals surface area contributed by atoms with Gasteiger partial charge in [-0.15, -0.1) is 13.2 Å². The quantitative estimate of drug-likeness (QED) is 0.133. The van der Waals surface area contributed by atoms with Crippen LogP contribution in [0.1, 0.15) is 55.4 Å².